The van der Waals surface area contributed by atoms with Crippen LogP contribution >= 0.6 is 0 Å². The Kier molecular flexibility index (Phi) is 5.92. The van der Waals surface area contributed by atoms with E-state index in [-0.39, 0.29) is 25.9 Å². The van der Waals surface area contributed by atoms with E-state index in [0.717, 1.165) is 0 Å². The van der Waals surface area contributed by atoms with E-state index in [1.165, 1.54) is 0 Å². The minimum absolute atomic E-state index is 0.0125. The molecule has 0 saturated heterocycles. The van der Waals surface area contributed by atoms with Crippen LogP contribution in [-0.4, -0.2) is 13.1 Å². The summed E-state index contributed by atoms with van der Waals surface area (Å²) in [5.41, 5.74) is 15.5. The molecule has 0 aliphatic rings. The van der Waals surface area contributed by atoms with Gasteiger partial charge in [-0.1, -0.05) is 10.2 Å². The Labute approximate surface area is 86.0 Å². The maximum Gasteiger partial charge on any atom is 0.0627 e. The highest BCUT2D eigenvalue weighted by molar-refractivity contribution is 4.97. The van der Waals surface area contributed by atoms with Gasteiger partial charge in [0.05, 0.1) is 12.1 Å². The highest BCUT2D eigenvalue weighted by atomic mass is 15.2. The molecular weight excluding hydrogens is 196 g/mol. The molecule has 8 heteroatoms. The third-order valence-corrected chi connectivity index (χ3v) is 1.85. The number of azide groups is 2. The lowest BCUT2D eigenvalue weighted by atomic mass is 9.82. The summed E-state index contributed by atoms with van der Waals surface area (Å²) in [6, 6.07) is 3.79. The van der Waals surface area contributed by atoms with Gasteiger partial charge in [0.15, 0.2) is 0 Å². The molecule has 0 aromatic rings. The van der Waals surface area contributed by atoms with Gasteiger partial charge in [-0.2, -0.15) is 10.5 Å². The third-order valence-electron chi connectivity index (χ3n) is 1.85. The van der Waals surface area contributed by atoms with Gasteiger partial charge in [-0.05, 0) is 11.1 Å². The standard InChI is InChI=1S/C7H8N8/c8-3-1-7(2-4-9,5-12-14-10)6-13-15-11/h1-2,5-6H2. The Hall–Kier alpha value is -2.40. The van der Waals surface area contributed by atoms with Crippen molar-refractivity contribution in [3.05, 3.63) is 20.9 Å². The minimum atomic E-state index is -0.859. The first-order chi connectivity index (χ1) is 7.24. The van der Waals surface area contributed by atoms with Crippen molar-refractivity contribution in [1.82, 2.24) is 0 Å². The highest BCUT2D eigenvalue weighted by Crippen LogP contribution is 2.27. The molecular formula is C7H8N8. The fraction of sp³-hybridized carbons (Fsp3) is 0.714. The van der Waals surface area contributed by atoms with Crippen LogP contribution in [0.5, 0.6) is 0 Å². The predicted octanol–water partition coefficient (Wildman–Crippen LogP) is 2.42. The fourth-order valence-corrected chi connectivity index (χ4v) is 1.03. The Balaban J connectivity index is 4.87. The lowest BCUT2D eigenvalue weighted by Crippen LogP contribution is -2.27. The molecule has 0 spiro atoms. The zero-order valence-electron chi connectivity index (χ0n) is 7.91. The van der Waals surface area contributed by atoms with Crippen molar-refractivity contribution in [3.8, 4) is 12.1 Å². The molecule has 0 N–H and O–H groups in total. The average molecular weight is 204 g/mol. The van der Waals surface area contributed by atoms with Gasteiger partial charge in [-0.3, -0.25) is 0 Å². The Morgan fingerprint density at radius 3 is 1.67 bits per heavy atom. The smallest absolute Gasteiger partial charge is 0.0627 e. The molecule has 76 valence electrons. The molecule has 0 bridgehead atoms. The van der Waals surface area contributed by atoms with Crippen LogP contribution in [0.15, 0.2) is 10.2 Å². The first kappa shape index (κ1) is 12.6. The van der Waals surface area contributed by atoms with Gasteiger partial charge in [0.2, 0.25) is 0 Å². The number of nitriles is 2. The zero-order valence-corrected chi connectivity index (χ0v) is 7.91. The van der Waals surface area contributed by atoms with E-state index in [1.54, 1.807) is 0 Å². The molecule has 0 aromatic heterocycles. The van der Waals surface area contributed by atoms with Gasteiger partial charge in [0, 0.05) is 41.2 Å². The molecule has 0 fully saturated rings. The van der Waals surface area contributed by atoms with E-state index >= 15 is 0 Å². The van der Waals surface area contributed by atoms with Crippen molar-refractivity contribution in [2.75, 3.05) is 13.1 Å². The molecule has 15 heavy (non-hydrogen) atoms. The summed E-state index contributed by atoms with van der Waals surface area (Å²) in [6.45, 7) is -0.0483. The Morgan fingerprint density at radius 2 is 1.40 bits per heavy atom. The van der Waals surface area contributed by atoms with E-state index in [2.05, 4.69) is 20.1 Å². The molecule has 0 unspecified atom stereocenters. The van der Waals surface area contributed by atoms with Crippen molar-refractivity contribution in [3.63, 3.8) is 0 Å². The van der Waals surface area contributed by atoms with Crippen LogP contribution in [-0.2, 0) is 0 Å². The van der Waals surface area contributed by atoms with E-state index in [4.69, 9.17) is 21.6 Å². The summed E-state index contributed by atoms with van der Waals surface area (Å²) in [5, 5.41) is 23.9. The van der Waals surface area contributed by atoms with Crippen LogP contribution in [0.4, 0.5) is 0 Å². The molecule has 0 aliphatic heterocycles. The molecule has 0 atom stereocenters. The van der Waals surface area contributed by atoms with Gasteiger partial charge in [0.1, 0.15) is 0 Å². The molecule has 0 radical (unpaired) electrons. The van der Waals surface area contributed by atoms with E-state index < -0.39 is 5.41 Å². The largest absolute Gasteiger partial charge is 0.198 e. The maximum absolute atomic E-state index is 8.60. The number of hydrogen-bond acceptors (Lipinski definition) is 4. The first-order valence-electron chi connectivity index (χ1n) is 4.00. The number of nitrogens with zero attached hydrogens (tertiary/aromatic N) is 8. The Morgan fingerprint density at radius 1 is 1.00 bits per heavy atom. The second-order valence-electron chi connectivity index (χ2n) is 2.95. The van der Waals surface area contributed by atoms with Gasteiger partial charge in [0.25, 0.3) is 0 Å². The van der Waals surface area contributed by atoms with E-state index in [0.29, 0.717) is 0 Å². The normalized spacial score (nSPS) is 8.93. The summed E-state index contributed by atoms with van der Waals surface area (Å²) < 4.78 is 0. The van der Waals surface area contributed by atoms with Crippen LogP contribution in [0.2, 0.25) is 0 Å². The van der Waals surface area contributed by atoms with Gasteiger partial charge >= 0.3 is 0 Å². The Bertz CT molecular complexity index is 335. The van der Waals surface area contributed by atoms with Crippen molar-refractivity contribution in [2.24, 2.45) is 15.6 Å². The van der Waals surface area contributed by atoms with E-state index in [9.17, 15) is 0 Å². The quantitative estimate of drug-likeness (QED) is 0.371. The van der Waals surface area contributed by atoms with Crippen molar-refractivity contribution in [1.29, 1.82) is 10.5 Å². The molecule has 0 heterocycles. The van der Waals surface area contributed by atoms with Crippen molar-refractivity contribution in [2.45, 2.75) is 12.8 Å². The SMILES string of the molecule is N#CCC(CC#N)(CN=[N+]=[N-])CN=[N+]=[N-]. The predicted molar refractivity (Wildman–Crippen MR) is 50.9 cm³/mol. The average Bonchev–Trinajstić information content (AvgIpc) is 2.24. The maximum atomic E-state index is 8.60. The third kappa shape index (κ3) is 4.39. The van der Waals surface area contributed by atoms with Crippen LogP contribution < -0.4 is 0 Å². The summed E-state index contributed by atoms with van der Waals surface area (Å²) in [4.78, 5) is 5.13. The van der Waals surface area contributed by atoms with Crippen LogP contribution in [0.1, 0.15) is 12.8 Å². The van der Waals surface area contributed by atoms with Crippen LogP contribution in [0.3, 0.4) is 0 Å². The van der Waals surface area contributed by atoms with Crippen LogP contribution in [0, 0.1) is 28.1 Å². The highest BCUT2D eigenvalue weighted by Gasteiger charge is 2.28. The summed E-state index contributed by atoms with van der Waals surface area (Å²) in [7, 11) is 0. The van der Waals surface area contributed by atoms with Crippen molar-refractivity contribution >= 4 is 0 Å². The first-order valence-corrected chi connectivity index (χ1v) is 4.00. The fourth-order valence-electron chi connectivity index (χ4n) is 1.03. The van der Waals surface area contributed by atoms with Crippen molar-refractivity contribution < 1.29 is 0 Å². The van der Waals surface area contributed by atoms with E-state index in [1.807, 2.05) is 12.1 Å². The van der Waals surface area contributed by atoms with Crippen LogP contribution in [0.25, 0.3) is 20.9 Å². The lowest BCUT2D eigenvalue weighted by molar-refractivity contribution is 0.324. The molecule has 8 nitrogen and oxygen atoms in total. The lowest BCUT2D eigenvalue weighted by Gasteiger charge is -2.24. The molecule has 0 rings (SSSR count). The monoisotopic (exact) mass is 204 g/mol. The molecule has 0 aliphatic carbocycles. The van der Waals surface area contributed by atoms with Gasteiger partial charge in [-0.25, -0.2) is 0 Å². The number of hydrogen-bond donors (Lipinski definition) is 0. The zero-order chi connectivity index (χ0) is 11.6. The van der Waals surface area contributed by atoms with Gasteiger partial charge < -0.3 is 0 Å². The second kappa shape index (κ2) is 7.05. The summed E-state index contributed by atoms with van der Waals surface area (Å²) in [6.07, 6.45) is 0.0250. The molecule has 0 saturated carbocycles. The minimum Gasteiger partial charge on any atom is -0.198 e. The molecule has 0 amide bonds. The summed E-state index contributed by atoms with van der Waals surface area (Å²) in [5.74, 6) is 0. The molecule has 0 aromatic carbocycles. The summed E-state index contributed by atoms with van der Waals surface area (Å²) >= 11 is 0. The second-order valence-corrected chi connectivity index (χ2v) is 2.95. The van der Waals surface area contributed by atoms with Gasteiger partial charge in [-0.15, -0.1) is 0 Å². The topological polar surface area (TPSA) is 145 Å². The number of rotatable bonds is 6.